The molecule has 0 spiro atoms. The summed E-state index contributed by atoms with van der Waals surface area (Å²) in [6.07, 6.45) is -0.638. The molecule has 0 aliphatic carbocycles. The molecule has 0 bridgehead atoms. The highest BCUT2D eigenvalue weighted by molar-refractivity contribution is 5.75. The average Bonchev–Trinajstić information content (AvgIpc) is 2.12. The van der Waals surface area contributed by atoms with Gasteiger partial charge in [-0.3, -0.25) is 4.79 Å². The van der Waals surface area contributed by atoms with E-state index in [0.717, 1.165) is 0 Å². The van der Waals surface area contributed by atoms with E-state index in [2.05, 4.69) is 10.1 Å². The third-order valence-corrected chi connectivity index (χ3v) is 2.19. The molecule has 1 atom stereocenters. The second-order valence-corrected chi connectivity index (χ2v) is 5.61. The van der Waals surface area contributed by atoms with Gasteiger partial charge in [-0.05, 0) is 34.6 Å². The van der Waals surface area contributed by atoms with E-state index in [0.29, 0.717) is 0 Å². The lowest BCUT2D eigenvalue weighted by atomic mass is 9.91. The summed E-state index contributed by atoms with van der Waals surface area (Å²) in [6, 6.07) is 0. The predicted molar refractivity (Wildman–Crippen MR) is 66.0 cm³/mol. The molecule has 106 valence electrons. The van der Waals surface area contributed by atoms with Crippen molar-refractivity contribution in [3.05, 3.63) is 0 Å². The van der Waals surface area contributed by atoms with Crippen LogP contribution < -0.4 is 5.32 Å². The smallest absolute Gasteiger partial charge is 0.407 e. The Morgan fingerprint density at radius 1 is 1.22 bits per heavy atom. The van der Waals surface area contributed by atoms with Crippen LogP contribution in [0.5, 0.6) is 0 Å². The Kier molecular flexibility index (Phi) is 5.60. The van der Waals surface area contributed by atoms with Crippen molar-refractivity contribution in [2.24, 2.45) is 5.92 Å². The third kappa shape index (κ3) is 6.44. The minimum Gasteiger partial charge on any atom is -0.469 e. The van der Waals surface area contributed by atoms with Crippen LogP contribution in [0.4, 0.5) is 4.79 Å². The number of alkyl carbamates (subject to hydrolysis) is 1. The highest BCUT2D eigenvalue weighted by Gasteiger charge is 2.34. The van der Waals surface area contributed by atoms with E-state index < -0.39 is 29.2 Å². The summed E-state index contributed by atoms with van der Waals surface area (Å²) >= 11 is 0. The molecule has 0 heterocycles. The molecule has 0 radical (unpaired) electrons. The number of carbonyl (C=O) groups excluding carboxylic acids is 2. The molecule has 0 saturated heterocycles. The fourth-order valence-electron chi connectivity index (χ4n) is 1.26. The number of nitrogens with one attached hydrogen (secondary N) is 1. The van der Waals surface area contributed by atoms with Crippen molar-refractivity contribution in [1.82, 2.24) is 5.32 Å². The molecule has 6 nitrogen and oxygen atoms in total. The van der Waals surface area contributed by atoms with Gasteiger partial charge in [0.05, 0.1) is 12.7 Å². The van der Waals surface area contributed by atoms with Crippen molar-refractivity contribution >= 4 is 12.1 Å². The molecule has 0 aliphatic rings. The molecule has 0 fully saturated rings. The number of hydrogen-bond donors (Lipinski definition) is 2. The van der Waals surface area contributed by atoms with Gasteiger partial charge in [-0.2, -0.15) is 0 Å². The largest absolute Gasteiger partial charge is 0.469 e. The maximum atomic E-state index is 11.5. The first kappa shape index (κ1) is 16.7. The van der Waals surface area contributed by atoms with Crippen molar-refractivity contribution in [3.63, 3.8) is 0 Å². The number of rotatable bonds is 4. The Bertz CT molecular complexity index is 301. The summed E-state index contributed by atoms with van der Waals surface area (Å²) in [5.74, 6) is -1.44. The van der Waals surface area contributed by atoms with Gasteiger partial charge in [-0.25, -0.2) is 4.79 Å². The highest BCUT2D eigenvalue weighted by atomic mass is 16.6. The van der Waals surface area contributed by atoms with Gasteiger partial charge in [0, 0.05) is 6.54 Å². The van der Waals surface area contributed by atoms with Crippen LogP contribution in [0, 0.1) is 5.92 Å². The minimum atomic E-state index is -1.29. The summed E-state index contributed by atoms with van der Waals surface area (Å²) in [6.45, 7) is 8.11. The number of carbonyl (C=O) groups is 2. The Hall–Kier alpha value is -1.30. The van der Waals surface area contributed by atoms with E-state index in [-0.39, 0.29) is 6.54 Å². The molecule has 0 aromatic rings. The molecule has 2 N–H and O–H groups in total. The Labute approximate surface area is 108 Å². The van der Waals surface area contributed by atoms with Crippen molar-refractivity contribution in [2.75, 3.05) is 13.7 Å². The maximum absolute atomic E-state index is 11.5. The molecule has 0 aliphatic heterocycles. The van der Waals surface area contributed by atoms with E-state index in [9.17, 15) is 14.7 Å². The fraction of sp³-hybridized carbons (Fsp3) is 0.833. The van der Waals surface area contributed by atoms with Gasteiger partial charge >= 0.3 is 12.1 Å². The molecule has 6 heteroatoms. The lowest BCUT2D eigenvalue weighted by molar-refractivity contribution is -0.153. The Morgan fingerprint density at radius 2 is 1.72 bits per heavy atom. The van der Waals surface area contributed by atoms with Gasteiger partial charge in [0.2, 0.25) is 0 Å². The highest BCUT2D eigenvalue weighted by Crippen LogP contribution is 2.17. The van der Waals surface area contributed by atoms with Gasteiger partial charge in [0.25, 0.3) is 0 Å². The summed E-state index contributed by atoms with van der Waals surface area (Å²) < 4.78 is 9.61. The van der Waals surface area contributed by atoms with Crippen LogP contribution in [-0.2, 0) is 14.3 Å². The zero-order valence-electron chi connectivity index (χ0n) is 11.9. The van der Waals surface area contributed by atoms with Crippen molar-refractivity contribution in [3.8, 4) is 0 Å². The third-order valence-electron chi connectivity index (χ3n) is 2.19. The van der Waals surface area contributed by atoms with Crippen LogP contribution in [-0.4, -0.2) is 42.0 Å². The van der Waals surface area contributed by atoms with Crippen LogP contribution in [0.15, 0.2) is 0 Å². The number of amides is 1. The molecule has 18 heavy (non-hydrogen) atoms. The minimum absolute atomic E-state index is 0.0505. The van der Waals surface area contributed by atoms with Crippen molar-refractivity contribution in [1.29, 1.82) is 0 Å². The van der Waals surface area contributed by atoms with Gasteiger partial charge in [-0.15, -0.1) is 0 Å². The normalized spacial score (nSPS) is 13.7. The second kappa shape index (κ2) is 6.04. The van der Waals surface area contributed by atoms with Gasteiger partial charge in [-0.1, -0.05) is 0 Å². The summed E-state index contributed by atoms with van der Waals surface area (Å²) in [7, 11) is 1.23. The van der Waals surface area contributed by atoms with Crippen LogP contribution >= 0.6 is 0 Å². The van der Waals surface area contributed by atoms with Crippen LogP contribution in [0.2, 0.25) is 0 Å². The monoisotopic (exact) mass is 261 g/mol. The standard InChI is InChI=1S/C12H23NO5/c1-11(2,3)18-10(15)13-7-8(9(14)17-6)12(4,5)16/h8,16H,7H2,1-6H3,(H,13,15). The molecule has 0 aromatic heterocycles. The summed E-state index contributed by atoms with van der Waals surface area (Å²) in [4.78, 5) is 22.9. The van der Waals surface area contributed by atoms with Gasteiger partial charge < -0.3 is 19.9 Å². The number of ether oxygens (including phenoxy) is 2. The average molecular weight is 261 g/mol. The fourth-order valence-corrected chi connectivity index (χ4v) is 1.26. The zero-order valence-corrected chi connectivity index (χ0v) is 11.9. The summed E-state index contributed by atoms with van der Waals surface area (Å²) in [5, 5.41) is 12.3. The zero-order chi connectivity index (χ0) is 14.6. The van der Waals surface area contributed by atoms with E-state index in [4.69, 9.17) is 4.74 Å². The molecule has 0 aromatic carbocycles. The van der Waals surface area contributed by atoms with Gasteiger partial charge in [0.1, 0.15) is 11.5 Å². The molecule has 0 saturated carbocycles. The number of aliphatic hydroxyl groups is 1. The van der Waals surface area contributed by atoms with E-state index in [1.807, 2.05) is 0 Å². The Morgan fingerprint density at radius 3 is 2.06 bits per heavy atom. The SMILES string of the molecule is COC(=O)C(CNC(=O)OC(C)(C)C)C(C)(C)O. The molecule has 1 unspecified atom stereocenters. The summed E-state index contributed by atoms with van der Waals surface area (Å²) in [5.41, 5.74) is -1.90. The van der Waals surface area contributed by atoms with Crippen LogP contribution in [0.25, 0.3) is 0 Å². The van der Waals surface area contributed by atoms with Gasteiger partial charge in [0.15, 0.2) is 0 Å². The van der Waals surface area contributed by atoms with Crippen LogP contribution in [0.3, 0.4) is 0 Å². The van der Waals surface area contributed by atoms with E-state index in [1.54, 1.807) is 20.8 Å². The lowest BCUT2D eigenvalue weighted by Gasteiger charge is -2.27. The number of methoxy groups -OCH3 is 1. The maximum Gasteiger partial charge on any atom is 0.407 e. The first-order chi connectivity index (χ1) is 7.97. The van der Waals surface area contributed by atoms with Crippen molar-refractivity contribution in [2.45, 2.75) is 45.8 Å². The molecule has 1 amide bonds. The van der Waals surface area contributed by atoms with E-state index in [1.165, 1.54) is 21.0 Å². The number of hydrogen-bond acceptors (Lipinski definition) is 5. The van der Waals surface area contributed by atoms with Crippen LogP contribution in [0.1, 0.15) is 34.6 Å². The lowest BCUT2D eigenvalue weighted by Crippen LogP contribution is -2.46. The quantitative estimate of drug-likeness (QED) is 0.739. The second-order valence-electron chi connectivity index (χ2n) is 5.61. The number of esters is 1. The van der Waals surface area contributed by atoms with Crippen molar-refractivity contribution < 1.29 is 24.2 Å². The topological polar surface area (TPSA) is 84.9 Å². The first-order valence-electron chi connectivity index (χ1n) is 5.74. The van der Waals surface area contributed by atoms with E-state index >= 15 is 0 Å². The predicted octanol–water partition coefficient (Wildman–Crippen LogP) is 1.07. The molecular formula is C12H23NO5. The first-order valence-corrected chi connectivity index (χ1v) is 5.74. The molecular weight excluding hydrogens is 238 g/mol. The Balaban J connectivity index is 4.46. The molecule has 0 rings (SSSR count).